The molecule has 0 aromatic carbocycles. The number of hydrogen-bond acceptors (Lipinski definition) is 1. The molecule has 1 N–H and O–H groups in total. The second-order valence-corrected chi connectivity index (χ2v) is 2.40. The molecular weight excluding hydrogens is 171 g/mol. The molecule has 0 bridgehead atoms. The molecule has 5 heteroatoms. The van der Waals surface area contributed by atoms with Gasteiger partial charge in [-0.25, -0.2) is 0 Å². The van der Waals surface area contributed by atoms with Gasteiger partial charge in [-0.15, -0.1) is 0 Å². The minimum Gasteiger partial charge on any atom is -0.356 e. The molecule has 2 nitrogen and oxygen atoms in total. The number of aromatic nitrogens is 1. The van der Waals surface area contributed by atoms with Gasteiger partial charge in [-0.3, -0.25) is 4.79 Å². The first-order chi connectivity index (χ1) is 5.45. The van der Waals surface area contributed by atoms with Crippen LogP contribution in [0.5, 0.6) is 0 Å². The van der Waals surface area contributed by atoms with Crippen molar-refractivity contribution >= 4 is 6.29 Å². The number of carbonyl (C=O) groups is 1. The molecule has 1 aromatic rings. The molecule has 66 valence electrons. The quantitative estimate of drug-likeness (QED) is 0.655. The van der Waals surface area contributed by atoms with Gasteiger partial charge < -0.3 is 4.98 Å². The van der Waals surface area contributed by atoms with E-state index in [9.17, 15) is 18.0 Å². The maximum absolute atomic E-state index is 12.1. The van der Waals surface area contributed by atoms with Gasteiger partial charge in [0.05, 0.1) is 11.3 Å². The minimum atomic E-state index is -4.46. The van der Waals surface area contributed by atoms with Crippen molar-refractivity contribution in [2.24, 2.45) is 0 Å². The van der Waals surface area contributed by atoms with Gasteiger partial charge in [0.1, 0.15) is 0 Å². The van der Waals surface area contributed by atoms with Crippen molar-refractivity contribution in [2.45, 2.75) is 13.1 Å². The Hall–Kier alpha value is -1.26. The van der Waals surface area contributed by atoms with Crippen LogP contribution in [0.15, 0.2) is 6.07 Å². The van der Waals surface area contributed by atoms with Crippen molar-refractivity contribution < 1.29 is 18.0 Å². The van der Waals surface area contributed by atoms with Crippen molar-refractivity contribution in [3.8, 4) is 0 Å². The van der Waals surface area contributed by atoms with Crippen molar-refractivity contribution in [1.82, 2.24) is 4.98 Å². The summed E-state index contributed by atoms with van der Waals surface area (Å²) in [5.74, 6) is 0. The number of aldehydes is 1. The van der Waals surface area contributed by atoms with Crippen LogP contribution in [-0.4, -0.2) is 11.3 Å². The summed E-state index contributed by atoms with van der Waals surface area (Å²) >= 11 is 0. The Morgan fingerprint density at radius 2 is 2.08 bits per heavy atom. The lowest BCUT2D eigenvalue weighted by molar-refractivity contribution is -0.137. The van der Waals surface area contributed by atoms with Gasteiger partial charge >= 0.3 is 6.18 Å². The molecule has 1 aromatic heterocycles. The summed E-state index contributed by atoms with van der Waals surface area (Å²) in [4.78, 5) is 12.5. The lowest BCUT2D eigenvalue weighted by Gasteiger charge is -2.02. The molecule has 0 saturated heterocycles. The summed E-state index contributed by atoms with van der Waals surface area (Å²) in [6.07, 6.45) is -4.29. The number of rotatable bonds is 1. The van der Waals surface area contributed by atoms with E-state index in [0.29, 0.717) is 5.69 Å². The molecule has 0 aliphatic heterocycles. The van der Waals surface area contributed by atoms with Gasteiger partial charge in [0.2, 0.25) is 0 Å². The van der Waals surface area contributed by atoms with E-state index in [2.05, 4.69) is 4.98 Å². The number of aryl methyl sites for hydroxylation is 1. The van der Waals surface area contributed by atoms with Crippen molar-refractivity contribution in [2.75, 3.05) is 0 Å². The average molecular weight is 177 g/mol. The smallest absolute Gasteiger partial charge is 0.356 e. The molecule has 0 aliphatic carbocycles. The van der Waals surface area contributed by atoms with Crippen molar-refractivity contribution in [1.29, 1.82) is 0 Å². The van der Waals surface area contributed by atoms with Crippen LogP contribution < -0.4 is 0 Å². The van der Waals surface area contributed by atoms with E-state index in [-0.39, 0.29) is 6.29 Å². The van der Waals surface area contributed by atoms with Crippen LogP contribution in [0.2, 0.25) is 0 Å². The lowest BCUT2D eigenvalue weighted by atomic mass is 10.2. The fourth-order valence-corrected chi connectivity index (χ4v) is 0.938. The van der Waals surface area contributed by atoms with Gasteiger partial charge in [0, 0.05) is 5.69 Å². The van der Waals surface area contributed by atoms with Gasteiger partial charge in [0.25, 0.3) is 0 Å². The molecule has 0 aliphatic rings. The largest absolute Gasteiger partial charge is 0.418 e. The van der Waals surface area contributed by atoms with Crippen molar-refractivity contribution in [3.63, 3.8) is 0 Å². The second-order valence-electron chi connectivity index (χ2n) is 2.40. The van der Waals surface area contributed by atoms with E-state index in [1.807, 2.05) is 0 Å². The molecule has 0 radical (unpaired) electrons. The second kappa shape index (κ2) is 2.66. The maximum Gasteiger partial charge on any atom is 0.418 e. The molecule has 0 amide bonds. The highest BCUT2D eigenvalue weighted by Crippen LogP contribution is 2.31. The zero-order valence-corrected chi connectivity index (χ0v) is 6.20. The fourth-order valence-electron chi connectivity index (χ4n) is 0.938. The van der Waals surface area contributed by atoms with E-state index in [0.717, 1.165) is 6.07 Å². The Balaban J connectivity index is 3.22. The number of aromatic amines is 1. The lowest BCUT2D eigenvalue weighted by Crippen LogP contribution is -2.06. The summed E-state index contributed by atoms with van der Waals surface area (Å²) in [7, 11) is 0. The van der Waals surface area contributed by atoms with Crippen LogP contribution >= 0.6 is 0 Å². The average Bonchev–Trinajstić information content (AvgIpc) is 2.29. The molecule has 0 saturated carbocycles. The summed E-state index contributed by atoms with van der Waals surface area (Å²) in [5, 5.41) is 0. The van der Waals surface area contributed by atoms with Gasteiger partial charge in [0.15, 0.2) is 6.29 Å². The number of nitrogens with one attached hydrogen (secondary N) is 1. The van der Waals surface area contributed by atoms with Crippen LogP contribution in [0.3, 0.4) is 0 Å². The fraction of sp³-hybridized carbons (Fsp3) is 0.286. The van der Waals surface area contributed by atoms with Gasteiger partial charge in [-0.05, 0) is 13.0 Å². The van der Waals surface area contributed by atoms with Crippen molar-refractivity contribution in [3.05, 3.63) is 23.0 Å². The zero-order chi connectivity index (χ0) is 9.35. The first kappa shape index (κ1) is 8.83. The SMILES string of the molecule is Cc1cc(C(F)(F)F)c(C=O)[nH]1. The van der Waals surface area contributed by atoms with Crippen LogP contribution in [0.1, 0.15) is 21.7 Å². The molecule has 0 fully saturated rings. The number of alkyl halides is 3. The van der Waals surface area contributed by atoms with E-state index < -0.39 is 17.4 Å². The molecular formula is C7H6F3NO. The Morgan fingerprint density at radius 3 is 2.42 bits per heavy atom. The van der Waals surface area contributed by atoms with Gasteiger partial charge in [-0.2, -0.15) is 13.2 Å². The van der Waals surface area contributed by atoms with E-state index in [1.165, 1.54) is 6.92 Å². The van der Waals surface area contributed by atoms with Crippen LogP contribution in [-0.2, 0) is 6.18 Å². The predicted octanol–water partition coefficient (Wildman–Crippen LogP) is 2.15. The molecule has 12 heavy (non-hydrogen) atoms. The molecule has 0 spiro atoms. The monoisotopic (exact) mass is 177 g/mol. The summed E-state index contributed by atoms with van der Waals surface area (Å²) in [6.45, 7) is 1.46. The third-order valence-corrected chi connectivity index (χ3v) is 1.41. The number of H-pyrrole nitrogens is 1. The highest BCUT2D eigenvalue weighted by atomic mass is 19.4. The van der Waals surface area contributed by atoms with E-state index in [1.54, 1.807) is 0 Å². The topological polar surface area (TPSA) is 32.9 Å². The summed E-state index contributed by atoms with van der Waals surface area (Å²) < 4.78 is 36.2. The van der Waals surface area contributed by atoms with Crippen LogP contribution in [0.4, 0.5) is 13.2 Å². The molecule has 1 heterocycles. The Labute approximate surface area is 66.4 Å². The number of carbonyl (C=O) groups excluding carboxylic acids is 1. The van der Waals surface area contributed by atoms with Crippen LogP contribution in [0, 0.1) is 6.92 Å². The Kier molecular flexibility index (Phi) is 1.95. The number of hydrogen-bond donors (Lipinski definition) is 1. The zero-order valence-electron chi connectivity index (χ0n) is 6.20. The normalized spacial score (nSPS) is 11.7. The predicted molar refractivity (Wildman–Crippen MR) is 35.9 cm³/mol. The van der Waals surface area contributed by atoms with Crippen LogP contribution in [0.25, 0.3) is 0 Å². The maximum atomic E-state index is 12.1. The summed E-state index contributed by atoms with van der Waals surface area (Å²) in [5.41, 5.74) is -1.00. The Bertz CT molecular complexity index is 300. The minimum absolute atomic E-state index is 0.163. The first-order valence-electron chi connectivity index (χ1n) is 3.17. The van der Waals surface area contributed by atoms with E-state index in [4.69, 9.17) is 0 Å². The highest BCUT2D eigenvalue weighted by Gasteiger charge is 2.34. The Morgan fingerprint density at radius 1 is 1.50 bits per heavy atom. The standard InChI is InChI=1S/C7H6F3NO/c1-4-2-5(7(8,9)10)6(3-12)11-4/h2-3,11H,1H3. The first-order valence-corrected chi connectivity index (χ1v) is 3.17. The molecule has 1 rings (SSSR count). The summed E-state index contributed by atoms with van der Waals surface area (Å²) in [6, 6.07) is 0.906. The molecule has 0 unspecified atom stereocenters. The van der Waals surface area contributed by atoms with Gasteiger partial charge in [-0.1, -0.05) is 0 Å². The van der Waals surface area contributed by atoms with E-state index >= 15 is 0 Å². The molecule has 0 atom stereocenters. The number of halogens is 3. The third kappa shape index (κ3) is 1.49. The third-order valence-electron chi connectivity index (χ3n) is 1.41. The highest BCUT2D eigenvalue weighted by molar-refractivity contribution is 5.75.